The number of hydrogen-bond acceptors (Lipinski definition) is 3. The Balaban J connectivity index is 1.54. The van der Waals surface area contributed by atoms with Gasteiger partial charge in [0.25, 0.3) is 0 Å². The van der Waals surface area contributed by atoms with Gasteiger partial charge in [0.1, 0.15) is 11.2 Å². The molecule has 5 heteroatoms. The van der Waals surface area contributed by atoms with E-state index in [9.17, 15) is 9.18 Å². The number of furan rings is 1. The lowest BCUT2D eigenvalue weighted by Gasteiger charge is -2.03. The van der Waals surface area contributed by atoms with Crippen molar-refractivity contribution in [1.82, 2.24) is 0 Å². The maximum atomic E-state index is 13.7. The monoisotopic (exact) mass is 361 g/mol. The normalized spacial score (nSPS) is 11.3. The van der Waals surface area contributed by atoms with Gasteiger partial charge in [0.15, 0.2) is 11.6 Å². The number of para-hydroxylation sites is 1. The van der Waals surface area contributed by atoms with Crippen LogP contribution >= 0.6 is 0 Å². The number of carbonyl (C=O) groups is 1. The molecule has 1 N–H and O–H groups in total. The van der Waals surface area contributed by atoms with Crippen molar-refractivity contribution in [3.63, 3.8) is 0 Å². The van der Waals surface area contributed by atoms with Crippen LogP contribution in [0.4, 0.5) is 10.1 Å². The third-order valence-electron chi connectivity index (χ3n) is 4.25. The van der Waals surface area contributed by atoms with Crippen molar-refractivity contribution >= 4 is 39.6 Å². The number of halogens is 1. The van der Waals surface area contributed by atoms with Crippen LogP contribution in [0.2, 0.25) is 0 Å². The summed E-state index contributed by atoms with van der Waals surface area (Å²) < 4.78 is 24.4. The highest BCUT2D eigenvalue weighted by atomic mass is 19.1. The molecular formula is C22H16FNO3. The Morgan fingerprint density at radius 2 is 1.85 bits per heavy atom. The number of anilines is 1. The summed E-state index contributed by atoms with van der Waals surface area (Å²) in [6, 6.07) is 17.7. The molecule has 0 fully saturated rings. The van der Waals surface area contributed by atoms with E-state index in [1.165, 1.54) is 25.3 Å². The van der Waals surface area contributed by atoms with Crippen LogP contribution in [0.5, 0.6) is 5.75 Å². The third-order valence-corrected chi connectivity index (χ3v) is 4.25. The van der Waals surface area contributed by atoms with Crippen LogP contribution in [0.25, 0.3) is 28.0 Å². The van der Waals surface area contributed by atoms with E-state index < -0.39 is 5.82 Å². The molecule has 4 rings (SSSR count). The van der Waals surface area contributed by atoms with E-state index in [0.717, 1.165) is 21.9 Å². The minimum Gasteiger partial charge on any atom is -0.494 e. The van der Waals surface area contributed by atoms with Crippen molar-refractivity contribution in [2.24, 2.45) is 0 Å². The first kappa shape index (κ1) is 16.8. The quantitative estimate of drug-likeness (QED) is 0.496. The summed E-state index contributed by atoms with van der Waals surface area (Å²) in [5.41, 5.74) is 2.79. The minimum absolute atomic E-state index is 0.164. The van der Waals surface area contributed by atoms with Gasteiger partial charge in [-0.2, -0.15) is 0 Å². The summed E-state index contributed by atoms with van der Waals surface area (Å²) in [6.07, 6.45) is 2.91. The molecule has 0 aliphatic rings. The number of methoxy groups -OCH3 is 1. The molecule has 134 valence electrons. The predicted molar refractivity (Wildman–Crippen MR) is 104 cm³/mol. The summed E-state index contributed by atoms with van der Waals surface area (Å²) in [6.45, 7) is 0. The van der Waals surface area contributed by atoms with Gasteiger partial charge >= 0.3 is 0 Å². The molecule has 0 radical (unpaired) electrons. The Morgan fingerprint density at radius 1 is 1.04 bits per heavy atom. The van der Waals surface area contributed by atoms with Crippen LogP contribution < -0.4 is 10.1 Å². The lowest BCUT2D eigenvalue weighted by molar-refractivity contribution is -0.111. The molecule has 0 saturated carbocycles. The molecule has 4 aromatic rings. The van der Waals surface area contributed by atoms with Gasteiger partial charge in [-0.1, -0.05) is 24.3 Å². The first-order valence-corrected chi connectivity index (χ1v) is 8.38. The van der Waals surface area contributed by atoms with Crippen molar-refractivity contribution in [2.75, 3.05) is 12.4 Å². The zero-order valence-corrected chi connectivity index (χ0v) is 14.5. The Labute approximate surface area is 154 Å². The van der Waals surface area contributed by atoms with E-state index in [0.29, 0.717) is 11.3 Å². The molecule has 0 aliphatic carbocycles. The fourth-order valence-electron chi connectivity index (χ4n) is 2.95. The predicted octanol–water partition coefficient (Wildman–Crippen LogP) is 5.39. The first-order valence-electron chi connectivity index (χ1n) is 8.38. The Hall–Kier alpha value is -3.60. The molecule has 0 unspecified atom stereocenters. The Morgan fingerprint density at radius 3 is 2.67 bits per heavy atom. The van der Waals surface area contributed by atoms with Crippen molar-refractivity contribution in [3.8, 4) is 5.75 Å². The van der Waals surface area contributed by atoms with E-state index in [4.69, 9.17) is 9.15 Å². The van der Waals surface area contributed by atoms with Crippen molar-refractivity contribution in [3.05, 3.63) is 78.1 Å². The molecule has 3 aromatic carbocycles. The molecule has 0 bridgehead atoms. The number of carbonyl (C=O) groups excluding carboxylic acids is 1. The molecular weight excluding hydrogens is 345 g/mol. The number of fused-ring (bicyclic) bond motifs is 3. The van der Waals surface area contributed by atoms with Crippen molar-refractivity contribution in [1.29, 1.82) is 0 Å². The van der Waals surface area contributed by atoms with E-state index >= 15 is 0 Å². The van der Waals surface area contributed by atoms with Gasteiger partial charge in [-0.15, -0.1) is 0 Å². The van der Waals surface area contributed by atoms with Crippen LogP contribution in [-0.2, 0) is 4.79 Å². The average molecular weight is 361 g/mol. The van der Waals surface area contributed by atoms with Gasteiger partial charge < -0.3 is 14.5 Å². The molecule has 1 amide bonds. The summed E-state index contributed by atoms with van der Waals surface area (Å²) in [5.74, 6) is -0.618. The Kier molecular flexibility index (Phi) is 4.34. The van der Waals surface area contributed by atoms with Gasteiger partial charge in [-0.3, -0.25) is 4.79 Å². The number of amides is 1. The summed E-state index contributed by atoms with van der Waals surface area (Å²) in [4.78, 5) is 12.2. The largest absolute Gasteiger partial charge is 0.494 e. The second-order valence-electron chi connectivity index (χ2n) is 6.03. The van der Waals surface area contributed by atoms with E-state index in [1.54, 1.807) is 18.2 Å². The number of benzene rings is 3. The highest BCUT2D eigenvalue weighted by molar-refractivity contribution is 6.08. The van der Waals surface area contributed by atoms with Crippen LogP contribution in [0.1, 0.15) is 5.56 Å². The molecule has 4 nitrogen and oxygen atoms in total. The minimum atomic E-state index is -0.475. The highest BCUT2D eigenvalue weighted by Gasteiger charge is 2.08. The fraction of sp³-hybridized carbons (Fsp3) is 0.0455. The van der Waals surface area contributed by atoms with Crippen LogP contribution in [-0.4, -0.2) is 13.0 Å². The average Bonchev–Trinajstić information content (AvgIpc) is 3.04. The molecule has 1 aromatic heterocycles. The van der Waals surface area contributed by atoms with Crippen LogP contribution in [0.15, 0.2) is 71.2 Å². The van der Waals surface area contributed by atoms with Crippen molar-refractivity contribution < 1.29 is 18.3 Å². The highest BCUT2D eigenvalue weighted by Crippen LogP contribution is 2.30. The lowest BCUT2D eigenvalue weighted by Crippen LogP contribution is -2.07. The first-order chi connectivity index (χ1) is 13.1. The molecule has 0 spiro atoms. The maximum Gasteiger partial charge on any atom is 0.248 e. The summed E-state index contributed by atoms with van der Waals surface area (Å²) in [5, 5.41) is 4.74. The number of hydrogen-bond donors (Lipinski definition) is 1. The number of rotatable bonds is 4. The number of ether oxygens (including phenoxy) is 1. The molecule has 0 saturated heterocycles. The standard InChI is InChI=1S/C22H16FNO3/c1-26-21-9-6-14(12-18(21)23)7-11-22(25)24-15-8-10-20-17(13-15)16-4-2-3-5-19(16)27-20/h2-13H,1H3,(H,24,25)/b11-7+. The second-order valence-corrected chi connectivity index (χ2v) is 6.03. The van der Waals surface area contributed by atoms with Gasteiger partial charge in [0.2, 0.25) is 5.91 Å². The maximum absolute atomic E-state index is 13.7. The van der Waals surface area contributed by atoms with E-state index in [-0.39, 0.29) is 11.7 Å². The fourth-order valence-corrected chi connectivity index (χ4v) is 2.95. The van der Waals surface area contributed by atoms with E-state index in [1.807, 2.05) is 36.4 Å². The molecule has 0 atom stereocenters. The van der Waals surface area contributed by atoms with Gasteiger partial charge in [-0.25, -0.2) is 4.39 Å². The van der Waals surface area contributed by atoms with Crippen LogP contribution in [0, 0.1) is 5.82 Å². The van der Waals surface area contributed by atoms with Gasteiger partial charge in [0, 0.05) is 22.5 Å². The third kappa shape index (κ3) is 3.40. The molecule has 27 heavy (non-hydrogen) atoms. The SMILES string of the molecule is COc1ccc(/C=C/C(=O)Nc2ccc3oc4ccccc4c3c2)cc1F. The zero-order valence-electron chi connectivity index (χ0n) is 14.5. The lowest BCUT2D eigenvalue weighted by atomic mass is 10.1. The van der Waals surface area contributed by atoms with Crippen molar-refractivity contribution in [2.45, 2.75) is 0 Å². The van der Waals surface area contributed by atoms with Crippen LogP contribution in [0.3, 0.4) is 0 Å². The van der Waals surface area contributed by atoms with E-state index in [2.05, 4.69) is 5.32 Å². The topological polar surface area (TPSA) is 51.5 Å². The molecule has 1 heterocycles. The smallest absolute Gasteiger partial charge is 0.248 e. The number of nitrogens with one attached hydrogen (secondary N) is 1. The second kappa shape index (κ2) is 6.96. The molecule has 0 aliphatic heterocycles. The zero-order chi connectivity index (χ0) is 18.8. The van der Waals surface area contributed by atoms with Gasteiger partial charge in [-0.05, 0) is 48.0 Å². The van der Waals surface area contributed by atoms with Gasteiger partial charge in [0.05, 0.1) is 7.11 Å². The summed E-state index contributed by atoms with van der Waals surface area (Å²) in [7, 11) is 1.40. The summed E-state index contributed by atoms with van der Waals surface area (Å²) >= 11 is 0. The Bertz CT molecular complexity index is 1180.